The van der Waals surface area contributed by atoms with Crippen molar-refractivity contribution in [1.82, 2.24) is 0 Å². The second-order valence-electron chi connectivity index (χ2n) is 33.7. The van der Waals surface area contributed by atoms with Crippen molar-refractivity contribution in [1.29, 1.82) is 0 Å². The average molecular weight is 1590 g/mol. The maximum absolute atomic E-state index is 15.8. The molecule has 16 atom stereocenters. The number of hydrogen-bond acceptors (Lipinski definition) is 15. The van der Waals surface area contributed by atoms with Crippen molar-refractivity contribution < 1.29 is 70.3 Å². The highest BCUT2D eigenvalue weighted by atomic mass is 127. The zero-order valence-corrected chi connectivity index (χ0v) is 71.0. The summed E-state index contributed by atoms with van der Waals surface area (Å²) in [6.07, 6.45) is 6.12. The van der Waals surface area contributed by atoms with E-state index in [1.165, 1.54) is 17.3 Å². The number of allylic oxidation sites excluding steroid dienone is 1. The van der Waals surface area contributed by atoms with Gasteiger partial charge in [-0.1, -0.05) is 200 Å². The molecular formula is C84H125IO15Si3. The van der Waals surface area contributed by atoms with Crippen LogP contribution in [0.2, 0.25) is 41.3 Å². The standard InChI is InChI=1S/C84H125IO15Si3/c1-55(49-51-86)60(6)78(100-102(23,24)82(12,13)14)79-74(92-62(8)87)53-57(3)75(96-79)80(88)95-72(76(90-54-63-42-44-64(89-20)45-43-63)59(5)56(2)50-52-91-103(83(15,16)17,65-33-27-25-28-34-65)66-35-29-26-30-36-66)39-32-40-73-77(98-84(18,19)97-73)61(7)67-47-48-70(93-67)68-37-31-38-69(94-68)71(46-41-58(4)85)99-101(21,22)81(9,10)11/h25-37,39,42-45,51,55-56,59,67-79H,3-4,6-7,38,40-41,46-50,52-54H2,1-2,5,8-24H3/b39-32-/t55-,56+,59-,67+,68-,69+,70+,71+,72+,73-,74+,75-,76-,77-,78-,79+/m1/s1. The first-order valence-electron chi connectivity index (χ1n) is 37.3. The maximum atomic E-state index is 15.8. The Morgan fingerprint density at radius 1 is 0.786 bits per heavy atom. The molecule has 0 amide bonds. The molecule has 0 radical (unpaired) electrons. The highest BCUT2D eigenvalue weighted by molar-refractivity contribution is 14.1. The molecule has 0 saturated carbocycles. The van der Waals surface area contributed by atoms with E-state index in [0.29, 0.717) is 36.3 Å². The van der Waals surface area contributed by atoms with Gasteiger partial charge in [0.15, 0.2) is 28.5 Å². The van der Waals surface area contributed by atoms with E-state index < -0.39 is 91.5 Å². The first kappa shape index (κ1) is 85.8. The SMILES string of the molecule is C=C(I)CC[C@H](O[Si](C)(C)C(C)(C)C)[C@@H]1CC=C[C@H]([C@@H]2CC[C@@H](C(=C)[C@H]3OC(C)(C)O[C@@H]3C/C=C\[C@H](OC(=O)[C@@H]3O[C@H]([C@H](O[Si](C)(C)C(C)(C)C)C(=C)[C@H](C)CC=O)[C@@H](OC(C)=O)CC3=C)[C@H](OCc3ccc(OC)cc3)[C@H](C)[C@@H](C)CCO[Si](c3ccccc3)(c3ccccc3)C(C)(C)C)O2)O1. The minimum absolute atomic E-state index is 0.0329. The van der Waals surface area contributed by atoms with Crippen LogP contribution in [0.5, 0.6) is 5.75 Å². The summed E-state index contributed by atoms with van der Waals surface area (Å²) in [6.45, 7) is 58.8. The molecule has 4 aliphatic heterocycles. The van der Waals surface area contributed by atoms with Crippen molar-refractivity contribution in [2.75, 3.05) is 13.7 Å². The van der Waals surface area contributed by atoms with Gasteiger partial charge in [0, 0.05) is 26.4 Å². The number of esters is 2. The van der Waals surface area contributed by atoms with Gasteiger partial charge in [-0.15, -0.1) is 0 Å². The van der Waals surface area contributed by atoms with E-state index in [0.717, 1.165) is 53.1 Å². The monoisotopic (exact) mass is 1580 g/mol. The summed E-state index contributed by atoms with van der Waals surface area (Å²) < 4.78 is 83.4. The van der Waals surface area contributed by atoms with Gasteiger partial charge >= 0.3 is 11.9 Å². The molecule has 15 nitrogen and oxygen atoms in total. The van der Waals surface area contributed by atoms with Crippen LogP contribution < -0.4 is 15.1 Å². The lowest BCUT2D eigenvalue weighted by Gasteiger charge is -2.46. The molecule has 0 unspecified atom stereocenters. The van der Waals surface area contributed by atoms with Gasteiger partial charge in [0.05, 0.1) is 50.3 Å². The summed E-state index contributed by atoms with van der Waals surface area (Å²) in [6, 6.07) is 29.0. The predicted molar refractivity (Wildman–Crippen MR) is 428 cm³/mol. The van der Waals surface area contributed by atoms with Crippen LogP contribution in [0.15, 0.2) is 156 Å². The summed E-state index contributed by atoms with van der Waals surface area (Å²) in [5.41, 5.74) is 2.61. The Balaban J connectivity index is 1.24. The second-order valence-corrected chi connectivity index (χ2v) is 49.0. The van der Waals surface area contributed by atoms with Crippen LogP contribution in [0.1, 0.15) is 167 Å². The number of aldehydes is 1. The number of benzene rings is 3. The van der Waals surface area contributed by atoms with Gasteiger partial charge in [0.25, 0.3) is 8.32 Å². The number of halogens is 1. The Kier molecular flexibility index (Phi) is 30.5. The Hall–Kier alpha value is -4.47. The summed E-state index contributed by atoms with van der Waals surface area (Å²) in [5.74, 6) is -2.22. The molecule has 0 bridgehead atoms. The van der Waals surface area contributed by atoms with E-state index >= 15 is 4.79 Å². The van der Waals surface area contributed by atoms with Crippen molar-refractivity contribution in [2.24, 2.45) is 17.8 Å². The topological polar surface area (TPSA) is 162 Å². The van der Waals surface area contributed by atoms with E-state index in [2.05, 4.69) is 205 Å². The Morgan fingerprint density at radius 2 is 1.40 bits per heavy atom. The van der Waals surface area contributed by atoms with Crippen molar-refractivity contribution in [3.8, 4) is 5.75 Å². The lowest BCUT2D eigenvalue weighted by molar-refractivity contribution is -0.191. The number of carbonyl (C=O) groups is 3. The van der Waals surface area contributed by atoms with Gasteiger partial charge in [-0.25, -0.2) is 4.79 Å². The molecule has 0 aromatic heterocycles. The molecule has 3 aromatic rings. The Labute approximate surface area is 635 Å². The molecule has 0 spiro atoms. The Morgan fingerprint density at radius 3 is 1.96 bits per heavy atom. The number of ether oxygens (including phenoxy) is 9. The van der Waals surface area contributed by atoms with Crippen LogP contribution >= 0.6 is 22.6 Å². The third kappa shape index (κ3) is 22.4. The fourth-order valence-electron chi connectivity index (χ4n) is 14.0. The van der Waals surface area contributed by atoms with Gasteiger partial charge < -0.3 is 60.7 Å². The quantitative estimate of drug-likeness (QED) is 0.0180. The average Bonchev–Trinajstić information content (AvgIpc) is 1.47. The van der Waals surface area contributed by atoms with E-state index in [4.69, 9.17) is 62.5 Å². The number of rotatable bonds is 35. The normalized spacial score (nSPS) is 24.9. The van der Waals surface area contributed by atoms with Crippen molar-refractivity contribution in [2.45, 2.75) is 295 Å². The summed E-state index contributed by atoms with van der Waals surface area (Å²) in [4.78, 5) is 40.9. The van der Waals surface area contributed by atoms with Gasteiger partial charge in [0.2, 0.25) is 0 Å². The smallest absolute Gasteiger partial charge is 0.340 e. The summed E-state index contributed by atoms with van der Waals surface area (Å²) >= 11 is 2.32. The third-order valence-electron chi connectivity index (χ3n) is 22.4. The van der Waals surface area contributed by atoms with E-state index in [1.54, 1.807) is 7.11 Å². The minimum Gasteiger partial charge on any atom is -0.497 e. The molecule has 0 N–H and O–H groups in total. The van der Waals surface area contributed by atoms with Crippen LogP contribution in [0, 0.1) is 17.8 Å². The predicted octanol–water partition coefficient (Wildman–Crippen LogP) is 18.0. The zero-order chi connectivity index (χ0) is 76.2. The van der Waals surface area contributed by atoms with Crippen molar-refractivity contribution in [3.63, 3.8) is 0 Å². The highest BCUT2D eigenvalue weighted by Crippen LogP contribution is 2.46. The summed E-state index contributed by atoms with van der Waals surface area (Å²) in [7, 11) is -6.12. The van der Waals surface area contributed by atoms with Crippen LogP contribution in [0.25, 0.3) is 0 Å². The van der Waals surface area contributed by atoms with Crippen LogP contribution in [-0.4, -0.2) is 142 Å². The van der Waals surface area contributed by atoms with E-state index in [-0.39, 0.29) is 82.8 Å². The minimum atomic E-state index is -2.93. The maximum Gasteiger partial charge on any atom is 0.340 e. The fraction of sp³-hybridized carbons (Fsp3) is 0.607. The molecule has 3 aromatic carbocycles. The van der Waals surface area contributed by atoms with Gasteiger partial charge in [0.1, 0.15) is 48.7 Å². The first-order valence-corrected chi connectivity index (χ1v) is 46.1. The van der Waals surface area contributed by atoms with Crippen LogP contribution in [0.4, 0.5) is 0 Å². The van der Waals surface area contributed by atoms with Crippen molar-refractivity contribution in [3.05, 3.63) is 161 Å². The number of methoxy groups -OCH3 is 1. The molecule has 103 heavy (non-hydrogen) atoms. The van der Waals surface area contributed by atoms with E-state index in [9.17, 15) is 9.59 Å². The number of hydrogen-bond donors (Lipinski definition) is 0. The summed E-state index contributed by atoms with van der Waals surface area (Å²) in [5, 5.41) is 1.89. The van der Waals surface area contributed by atoms with Gasteiger partial charge in [-0.2, -0.15) is 0 Å². The molecular weight excluding hydrogens is 1460 g/mol. The fourth-order valence-corrected chi connectivity index (χ4v) is 21.5. The zero-order valence-electron chi connectivity index (χ0n) is 65.8. The number of carbonyl (C=O) groups excluding carboxylic acids is 3. The lowest BCUT2D eigenvalue weighted by Crippen LogP contribution is -2.66. The first-order chi connectivity index (χ1) is 48.1. The lowest BCUT2D eigenvalue weighted by atomic mass is 9.85. The Bertz CT molecular complexity index is 3330. The molecule has 570 valence electrons. The van der Waals surface area contributed by atoms with Crippen LogP contribution in [-0.2, 0) is 72.2 Å². The molecule has 3 fully saturated rings. The molecule has 3 saturated heterocycles. The highest BCUT2D eigenvalue weighted by Gasteiger charge is 2.53. The van der Waals surface area contributed by atoms with Crippen molar-refractivity contribution >= 4 is 76.1 Å². The molecule has 7 rings (SSSR count). The largest absolute Gasteiger partial charge is 0.497 e. The van der Waals surface area contributed by atoms with Crippen LogP contribution in [0.3, 0.4) is 0 Å². The third-order valence-corrected chi connectivity index (χ3v) is 36.9. The molecule has 0 aliphatic carbocycles. The second kappa shape index (κ2) is 36.6. The molecule has 19 heteroatoms. The van der Waals surface area contributed by atoms with Gasteiger partial charge in [-0.05, 0) is 195 Å². The molecule has 4 aliphatic rings. The van der Waals surface area contributed by atoms with Gasteiger partial charge in [-0.3, -0.25) is 4.79 Å². The molecule has 4 heterocycles. The van der Waals surface area contributed by atoms with E-state index in [1.807, 2.05) is 69.3 Å².